The molecule has 0 amide bonds. The zero-order valence-electron chi connectivity index (χ0n) is 11.5. The lowest BCUT2D eigenvalue weighted by molar-refractivity contribution is 0.310. The van der Waals surface area contributed by atoms with Crippen molar-refractivity contribution in [1.82, 2.24) is 13.9 Å². The predicted octanol–water partition coefficient (Wildman–Crippen LogP) is -0.403. The number of nitrogens with one attached hydrogen (secondary N) is 1. The number of piperazine rings is 1. The fourth-order valence-electron chi connectivity index (χ4n) is 2.25. The van der Waals surface area contributed by atoms with Gasteiger partial charge in [-0.1, -0.05) is 30.3 Å². The first-order valence-corrected chi connectivity index (χ1v) is 8.24. The standard InChI is InChI=1S/C13H22N4O2S/c14-6-9-17(12-13-4-2-1-3-5-13)20(18,19)16-10-7-15-8-11-16/h1-5,15H,6-12,14H2. The van der Waals surface area contributed by atoms with Crippen LogP contribution < -0.4 is 11.1 Å². The van der Waals surface area contributed by atoms with Crippen molar-refractivity contribution in [2.24, 2.45) is 5.73 Å². The van der Waals surface area contributed by atoms with Crippen molar-refractivity contribution in [1.29, 1.82) is 0 Å². The van der Waals surface area contributed by atoms with Gasteiger partial charge in [0.1, 0.15) is 0 Å². The maximum atomic E-state index is 12.6. The van der Waals surface area contributed by atoms with E-state index in [4.69, 9.17) is 5.73 Å². The van der Waals surface area contributed by atoms with E-state index in [1.54, 1.807) is 0 Å². The Balaban J connectivity index is 2.14. The van der Waals surface area contributed by atoms with Crippen LogP contribution in [-0.4, -0.2) is 56.3 Å². The van der Waals surface area contributed by atoms with Gasteiger partial charge in [0, 0.05) is 45.8 Å². The van der Waals surface area contributed by atoms with Gasteiger partial charge in [-0.05, 0) is 5.56 Å². The van der Waals surface area contributed by atoms with Gasteiger partial charge in [-0.3, -0.25) is 0 Å². The highest BCUT2D eigenvalue weighted by Crippen LogP contribution is 2.13. The van der Waals surface area contributed by atoms with Gasteiger partial charge in [-0.2, -0.15) is 17.0 Å². The second kappa shape index (κ2) is 7.14. The quantitative estimate of drug-likeness (QED) is 0.749. The smallest absolute Gasteiger partial charge is 0.282 e. The zero-order chi connectivity index (χ0) is 14.4. The van der Waals surface area contributed by atoms with Gasteiger partial charge >= 0.3 is 0 Å². The molecule has 0 radical (unpaired) electrons. The number of hydrogen-bond acceptors (Lipinski definition) is 4. The highest BCUT2D eigenvalue weighted by atomic mass is 32.2. The average molecular weight is 298 g/mol. The molecule has 0 aromatic heterocycles. The first-order chi connectivity index (χ1) is 9.64. The molecule has 7 heteroatoms. The number of nitrogens with zero attached hydrogens (tertiary/aromatic N) is 2. The SMILES string of the molecule is NCCN(Cc1ccccc1)S(=O)(=O)N1CCNCC1. The summed E-state index contributed by atoms with van der Waals surface area (Å²) in [6.07, 6.45) is 0. The predicted molar refractivity (Wildman–Crippen MR) is 79.3 cm³/mol. The summed E-state index contributed by atoms with van der Waals surface area (Å²) in [5.74, 6) is 0. The summed E-state index contributed by atoms with van der Waals surface area (Å²) in [4.78, 5) is 0. The highest BCUT2D eigenvalue weighted by molar-refractivity contribution is 7.86. The van der Waals surface area contributed by atoms with E-state index < -0.39 is 10.2 Å². The summed E-state index contributed by atoms with van der Waals surface area (Å²) in [7, 11) is -3.44. The van der Waals surface area contributed by atoms with Gasteiger partial charge in [0.05, 0.1) is 0 Å². The van der Waals surface area contributed by atoms with Gasteiger partial charge in [0.25, 0.3) is 10.2 Å². The van der Waals surface area contributed by atoms with E-state index >= 15 is 0 Å². The Morgan fingerprint density at radius 2 is 1.85 bits per heavy atom. The van der Waals surface area contributed by atoms with Crippen LogP contribution in [0.5, 0.6) is 0 Å². The van der Waals surface area contributed by atoms with Gasteiger partial charge < -0.3 is 11.1 Å². The molecule has 1 heterocycles. The van der Waals surface area contributed by atoms with Crippen molar-refractivity contribution in [2.75, 3.05) is 39.3 Å². The van der Waals surface area contributed by atoms with Gasteiger partial charge in [0.2, 0.25) is 0 Å². The van der Waals surface area contributed by atoms with Crippen molar-refractivity contribution in [3.8, 4) is 0 Å². The summed E-state index contributed by atoms with van der Waals surface area (Å²) in [6, 6.07) is 9.59. The van der Waals surface area contributed by atoms with Crippen LogP contribution in [0.2, 0.25) is 0 Å². The molecular weight excluding hydrogens is 276 g/mol. The lowest BCUT2D eigenvalue weighted by atomic mass is 10.2. The maximum Gasteiger partial charge on any atom is 0.282 e. The number of hydrogen-bond donors (Lipinski definition) is 2. The van der Waals surface area contributed by atoms with E-state index in [-0.39, 0.29) is 0 Å². The zero-order valence-corrected chi connectivity index (χ0v) is 12.3. The monoisotopic (exact) mass is 298 g/mol. The molecule has 6 nitrogen and oxygen atoms in total. The summed E-state index contributed by atoms with van der Waals surface area (Å²) in [6.45, 7) is 3.43. The summed E-state index contributed by atoms with van der Waals surface area (Å²) in [5.41, 5.74) is 6.54. The molecule has 3 N–H and O–H groups in total. The van der Waals surface area contributed by atoms with E-state index in [0.29, 0.717) is 45.8 Å². The minimum Gasteiger partial charge on any atom is -0.329 e. The van der Waals surface area contributed by atoms with Gasteiger partial charge in [-0.15, -0.1) is 0 Å². The lowest BCUT2D eigenvalue weighted by Crippen LogP contribution is -2.52. The third-order valence-corrected chi connectivity index (χ3v) is 5.29. The minimum atomic E-state index is -3.44. The Kier molecular flexibility index (Phi) is 5.50. The fraction of sp³-hybridized carbons (Fsp3) is 0.538. The summed E-state index contributed by atoms with van der Waals surface area (Å²) < 4.78 is 28.3. The molecule has 1 aromatic rings. The van der Waals surface area contributed by atoms with E-state index in [1.807, 2.05) is 30.3 Å². The van der Waals surface area contributed by atoms with Crippen molar-refractivity contribution in [3.05, 3.63) is 35.9 Å². The average Bonchev–Trinajstić information content (AvgIpc) is 2.49. The molecule has 0 aliphatic carbocycles. The molecule has 112 valence electrons. The number of rotatable bonds is 6. The van der Waals surface area contributed by atoms with E-state index in [0.717, 1.165) is 5.56 Å². The van der Waals surface area contributed by atoms with E-state index in [1.165, 1.54) is 8.61 Å². The van der Waals surface area contributed by atoms with Crippen LogP contribution in [0, 0.1) is 0 Å². The van der Waals surface area contributed by atoms with Crippen LogP contribution in [0.1, 0.15) is 5.56 Å². The maximum absolute atomic E-state index is 12.6. The molecule has 1 fully saturated rings. The molecule has 1 aliphatic rings. The Morgan fingerprint density at radius 1 is 1.20 bits per heavy atom. The lowest BCUT2D eigenvalue weighted by Gasteiger charge is -2.32. The Morgan fingerprint density at radius 3 is 2.45 bits per heavy atom. The molecule has 0 unspecified atom stereocenters. The molecule has 20 heavy (non-hydrogen) atoms. The van der Waals surface area contributed by atoms with E-state index in [9.17, 15) is 8.42 Å². The molecule has 0 atom stereocenters. The number of nitrogens with two attached hydrogens (primary N) is 1. The van der Waals surface area contributed by atoms with E-state index in [2.05, 4.69) is 5.32 Å². The van der Waals surface area contributed by atoms with Crippen molar-refractivity contribution >= 4 is 10.2 Å². The van der Waals surface area contributed by atoms with Crippen LogP contribution in [0.25, 0.3) is 0 Å². The van der Waals surface area contributed by atoms with Crippen molar-refractivity contribution in [3.63, 3.8) is 0 Å². The molecule has 0 saturated carbocycles. The molecule has 1 aliphatic heterocycles. The normalized spacial score (nSPS) is 17.5. The Bertz CT molecular complexity index is 500. The number of benzene rings is 1. The van der Waals surface area contributed by atoms with Crippen LogP contribution in [0.3, 0.4) is 0 Å². The second-order valence-corrected chi connectivity index (χ2v) is 6.69. The third kappa shape index (κ3) is 3.77. The Labute approximate surface area is 120 Å². The molecule has 1 saturated heterocycles. The minimum absolute atomic E-state index is 0.318. The fourth-order valence-corrected chi connectivity index (χ4v) is 3.86. The third-order valence-electron chi connectivity index (χ3n) is 3.31. The van der Waals surface area contributed by atoms with Gasteiger partial charge in [-0.25, -0.2) is 0 Å². The van der Waals surface area contributed by atoms with Crippen LogP contribution in [0.4, 0.5) is 0 Å². The Hall–Kier alpha value is -0.990. The highest BCUT2D eigenvalue weighted by Gasteiger charge is 2.30. The summed E-state index contributed by atoms with van der Waals surface area (Å²) >= 11 is 0. The first-order valence-electron chi connectivity index (χ1n) is 6.84. The topological polar surface area (TPSA) is 78.7 Å². The van der Waals surface area contributed by atoms with Crippen LogP contribution >= 0.6 is 0 Å². The van der Waals surface area contributed by atoms with Crippen LogP contribution in [-0.2, 0) is 16.8 Å². The molecule has 1 aromatic carbocycles. The molecule has 0 spiro atoms. The second-order valence-electron chi connectivity index (χ2n) is 4.76. The van der Waals surface area contributed by atoms with Gasteiger partial charge in [0.15, 0.2) is 0 Å². The summed E-state index contributed by atoms with van der Waals surface area (Å²) in [5, 5.41) is 3.16. The van der Waals surface area contributed by atoms with Crippen molar-refractivity contribution < 1.29 is 8.42 Å². The first kappa shape index (κ1) is 15.4. The molecule has 0 bridgehead atoms. The molecular formula is C13H22N4O2S. The largest absolute Gasteiger partial charge is 0.329 e. The van der Waals surface area contributed by atoms with Crippen molar-refractivity contribution in [2.45, 2.75) is 6.54 Å². The molecule has 2 rings (SSSR count). The van der Waals surface area contributed by atoms with Crippen LogP contribution in [0.15, 0.2) is 30.3 Å².